The Morgan fingerprint density at radius 1 is 1.36 bits per heavy atom. The lowest BCUT2D eigenvalue weighted by Gasteiger charge is -2.35. The van der Waals surface area contributed by atoms with Crippen LogP contribution in [0.4, 0.5) is 5.69 Å². The zero-order valence-corrected chi connectivity index (χ0v) is 15.2. The van der Waals surface area contributed by atoms with Crippen molar-refractivity contribution in [3.63, 3.8) is 0 Å². The molecule has 1 fully saturated rings. The van der Waals surface area contributed by atoms with Crippen LogP contribution in [0.5, 0.6) is 5.75 Å². The SMILES string of the molecule is COc1ccc(C(=O)NCC(C2CCCCC2)N(C)C)cc1[N+](=O)[O-]. The number of carbonyl (C=O) groups excluding carboxylic acids is 1. The predicted octanol–water partition coefficient (Wildman–Crippen LogP) is 2.84. The largest absolute Gasteiger partial charge is 0.490 e. The van der Waals surface area contributed by atoms with Crippen LogP contribution in [0.15, 0.2) is 18.2 Å². The summed E-state index contributed by atoms with van der Waals surface area (Å²) in [5, 5.41) is 14.0. The van der Waals surface area contributed by atoms with Crippen molar-refractivity contribution in [1.29, 1.82) is 0 Å². The molecule has 1 aromatic rings. The number of hydrogen-bond acceptors (Lipinski definition) is 5. The van der Waals surface area contributed by atoms with E-state index in [1.165, 1.54) is 51.3 Å². The monoisotopic (exact) mass is 349 g/mol. The number of ether oxygens (including phenoxy) is 1. The van der Waals surface area contributed by atoms with Gasteiger partial charge in [0.15, 0.2) is 5.75 Å². The average molecular weight is 349 g/mol. The molecular formula is C18H27N3O4. The van der Waals surface area contributed by atoms with Crippen LogP contribution in [0.2, 0.25) is 0 Å². The summed E-state index contributed by atoms with van der Waals surface area (Å²) < 4.78 is 4.97. The second kappa shape index (κ2) is 8.80. The van der Waals surface area contributed by atoms with E-state index in [4.69, 9.17) is 4.74 Å². The Balaban J connectivity index is 2.05. The van der Waals surface area contributed by atoms with Crippen LogP contribution in [0.1, 0.15) is 42.5 Å². The van der Waals surface area contributed by atoms with Gasteiger partial charge >= 0.3 is 5.69 Å². The molecule has 1 amide bonds. The molecule has 0 saturated heterocycles. The lowest BCUT2D eigenvalue weighted by Crippen LogP contribution is -2.45. The maximum atomic E-state index is 12.4. The van der Waals surface area contributed by atoms with Crippen molar-refractivity contribution in [2.75, 3.05) is 27.7 Å². The standard InChI is InChI=1S/C18H27N3O4/c1-20(2)16(13-7-5-4-6-8-13)12-19-18(22)14-9-10-17(25-3)15(11-14)21(23)24/h9-11,13,16H,4-8,12H2,1-3H3,(H,19,22). The first-order valence-electron chi connectivity index (χ1n) is 8.71. The van der Waals surface area contributed by atoms with Crippen LogP contribution < -0.4 is 10.1 Å². The van der Waals surface area contributed by atoms with Gasteiger partial charge < -0.3 is 15.0 Å². The number of nitrogens with zero attached hydrogens (tertiary/aromatic N) is 2. The maximum absolute atomic E-state index is 12.4. The van der Waals surface area contributed by atoms with E-state index in [1.54, 1.807) is 6.07 Å². The summed E-state index contributed by atoms with van der Waals surface area (Å²) >= 11 is 0. The molecule has 0 aliphatic heterocycles. The summed E-state index contributed by atoms with van der Waals surface area (Å²) in [6, 6.07) is 4.54. The fourth-order valence-electron chi connectivity index (χ4n) is 3.56. The van der Waals surface area contributed by atoms with E-state index in [1.807, 2.05) is 14.1 Å². The highest BCUT2D eigenvalue weighted by molar-refractivity contribution is 5.95. The number of nitro benzene ring substituents is 1. The first-order chi connectivity index (χ1) is 11.9. The Hall–Kier alpha value is -2.15. The zero-order chi connectivity index (χ0) is 18.4. The molecule has 138 valence electrons. The topological polar surface area (TPSA) is 84.7 Å². The number of nitrogens with one attached hydrogen (secondary N) is 1. The van der Waals surface area contributed by atoms with Crippen LogP contribution in [0.25, 0.3) is 0 Å². The zero-order valence-electron chi connectivity index (χ0n) is 15.2. The molecule has 1 N–H and O–H groups in total. The van der Waals surface area contributed by atoms with Gasteiger partial charge in [-0.05, 0) is 45.0 Å². The third-order valence-corrected chi connectivity index (χ3v) is 4.97. The van der Waals surface area contributed by atoms with E-state index in [2.05, 4.69) is 10.2 Å². The molecule has 1 aliphatic carbocycles. The van der Waals surface area contributed by atoms with Crippen molar-refractivity contribution in [3.8, 4) is 5.75 Å². The second-order valence-electron chi connectivity index (χ2n) is 6.78. The van der Waals surface area contributed by atoms with Crippen molar-refractivity contribution in [2.45, 2.75) is 38.1 Å². The van der Waals surface area contributed by atoms with E-state index in [0.717, 1.165) is 0 Å². The Kier molecular flexibility index (Phi) is 6.75. The molecule has 1 saturated carbocycles. The van der Waals surface area contributed by atoms with Gasteiger partial charge in [0.05, 0.1) is 12.0 Å². The molecule has 2 rings (SSSR count). The molecule has 25 heavy (non-hydrogen) atoms. The summed E-state index contributed by atoms with van der Waals surface area (Å²) in [4.78, 5) is 25.2. The van der Waals surface area contributed by atoms with E-state index < -0.39 is 4.92 Å². The smallest absolute Gasteiger partial charge is 0.311 e. The Bertz CT molecular complexity index is 612. The van der Waals surface area contributed by atoms with Crippen molar-refractivity contribution in [3.05, 3.63) is 33.9 Å². The number of rotatable bonds is 7. The van der Waals surface area contributed by atoms with Gasteiger partial charge in [-0.15, -0.1) is 0 Å². The van der Waals surface area contributed by atoms with Gasteiger partial charge in [0.2, 0.25) is 0 Å². The van der Waals surface area contributed by atoms with E-state index >= 15 is 0 Å². The molecule has 0 radical (unpaired) electrons. The molecule has 0 heterocycles. The number of amides is 1. The fraction of sp³-hybridized carbons (Fsp3) is 0.611. The first-order valence-corrected chi connectivity index (χ1v) is 8.71. The van der Waals surface area contributed by atoms with Crippen molar-refractivity contribution in [1.82, 2.24) is 10.2 Å². The quantitative estimate of drug-likeness (QED) is 0.604. The van der Waals surface area contributed by atoms with Gasteiger partial charge in [-0.3, -0.25) is 14.9 Å². The minimum atomic E-state index is -0.541. The summed E-state index contributed by atoms with van der Waals surface area (Å²) in [6.45, 7) is 0.538. The third-order valence-electron chi connectivity index (χ3n) is 4.97. The molecule has 0 bridgehead atoms. The van der Waals surface area contributed by atoms with Gasteiger partial charge in [0.25, 0.3) is 5.91 Å². The second-order valence-corrected chi connectivity index (χ2v) is 6.78. The Morgan fingerprint density at radius 3 is 2.60 bits per heavy atom. The average Bonchev–Trinajstić information content (AvgIpc) is 2.61. The molecule has 7 nitrogen and oxygen atoms in total. The summed E-state index contributed by atoms with van der Waals surface area (Å²) in [6.07, 6.45) is 6.15. The maximum Gasteiger partial charge on any atom is 0.311 e. The van der Waals surface area contributed by atoms with Gasteiger partial charge in [-0.2, -0.15) is 0 Å². The molecule has 7 heteroatoms. The number of benzene rings is 1. The molecule has 1 aromatic carbocycles. The molecule has 1 atom stereocenters. The summed E-state index contributed by atoms with van der Waals surface area (Å²) in [5.74, 6) is 0.428. The summed E-state index contributed by atoms with van der Waals surface area (Å²) in [5.41, 5.74) is 0.0697. The number of methoxy groups -OCH3 is 1. The van der Waals surface area contributed by atoms with E-state index in [0.29, 0.717) is 12.5 Å². The van der Waals surface area contributed by atoms with Crippen LogP contribution in [0, 0.1) is 16.0 Å². The van der Waals surface area contributed by atoms with Crippen LogP contribution >= 0.6 is 0 Å². The highest BCUT2D eigenvalue weighted by atomic mass is 16.6. The first kappa shape index (κ1) is 19.2. The lowest BCUT2D eigenvalue weighted by atomic mass is 9.83. The molecule has 0 aromatic heterocycles. The minimum Gasteiger partial charge on any atom is -0.490 e. The fourth-order valence-corrected chi connectivity index (χ4v) is 3.56. The number of nitro groups is 1. The van der Waals surface area contributed by atoms with Crippen molar-refractivity contribution >= 4 is 11.6 Å². The lowest BCUT2D eigenvalue weighted by molar-refractivity contribution is -0.385. The number of likely N-dealkylation sites (N-methyl/N-ethyl adjacent to an activating group) is 1. The van der Waals surface area contributed by atoms with Crippen LogP contribution in [0.3, 0.4) is 0 Å². The van der Waals surface area contributed by atoms with E-state index in [-0.39, 0.29) is 28.9 Å². The minimum absolute atomic E-state index is 0.148. The highest BCUT2D eigenvalue weighted by Crippen LogP contribution is 2.29. The van der Waals surface area contributed by atoms with Crippen LogP contribution in [-0.2, 0) is 0 Å². The van der Waals surface area contributed by atoms with E-state index in [9.17, 15) is 14.9 Å². The normalized spacial score (nSPS) is 16.5. The summed E-state index contributed by atoms with van der Waals surface area (Å²) in [7, 11) is 5.43. The molecular weight excluding hydrogens is 322 g/mol. The van der Waals surface area contributed by atoms with Gasteiger partial charge in [0, 0.05) is 24.2 Å². The number of hydrogen-bond donors (Lipinski definition) is 1. The van der Waals surface area contributed by atoms with Crippen molar-refractivity contribution in [2.24, 2.45) is 5.92 Å². The van der Waals surface area contributed by atoms with Gasteiger partial charge in [-0.25, -0.2) is 0 Å². The molecule has 1 unspecified atom stereocenters. The molecule has 0 spiro atoms. The predicted molar refractivity (Wildman–Crippen MR) is 96.0 cm³/mol. The third kappa shape index (κ3) is 4.92. The highest BCUT2D eigenvalue weighted by Gasteiger charge is 2.26. The van der Waals surface area contributed by atoms with Gasteiger partial charge in [-0.1, -0.05) is 19.3 Å². The Morgan fingerprint density at radius 2 is 2.04 bits per heavy atom. The Labute approximate surface area is 148 Å². The van der Waals surface area contributed by atoms with Crippen molar-refractivity contribution < 1.29 is 14.5 Å². The molecule has 1 aliphatic rings. The number of carbonyl (C=O) groups is 1. The van der Waals surface area contributed by atoms with Crippen LogP contribution in [-0.4, -0.2) is 49.5 Å². The van der Waals surface area contributed by atoms with Gasteiger partial charge in [0.1, 0.15) is 0 Å².